The molecular weight excluding hydrogens is 653 g/mol. The molecule has 202 valence electrons. The van der Waals surface area contributed by atoms with Gasteiger partial charge in [0, 0.05) is 24.6 Å². The minimum Gasteiger partial charge on any atom is -0.491 e. The van der Waals surface area contributed by atoms with Crippen LogP contribution in [0.1, 0.15) is 29.9 Å². The monoisotopic (exact) mass is 679 g/mol. The van der Waals surface area contributed by atoms with Crippen LogP contribution in [-0.4, -0.2) is 48.2 Å². The number of sulfone groups is 1. The Labute approximate surface area is 236 Å². The Bertz CT molecular complexity index is 1360. The van der Waals surface area contributed by atoms with Crippen LogP contribution < -0.4 is 14.8 Å². The molecule has 1 aromatic heterocycles. The van der Waals surface area contributed by atoms with Crippen LogP contribution in [0.4, 0.5) is 5.82 Å². The summed E-state index contributed by atoms with van der Waals surface area (Å²) in [5, 5.41) is 2.62. The molecule has 1 amide bonds. The summed E-state index contributed by atoms with van der Waals surface area (Å²) in [7, 11) is -6.63. The summed E-state index contributed by atoms with van der Waals surface area (Å²) < 4.78 is 46.4. The van der Waals surface area contributed by atoms with Gasteiger partial charge in [-0.25, -0.2) is 13.4 Å². The van der Waals surface area contributed by atoms with E-state index in [1.165, 1.54) is 49.4 Å². The second-order valence-corrected chi connectivity index (χ2v) is 12.7. The molecule has 0 aliphatic rings. The Morgan fingerprint density at radius 2 is 1.65 bits per heavy atom. The molecule has 37 heavy (non-hydrogen) atoms. The van der Waals surface area contributed by atoms with E-state index in [-0.39, 0.29) is 62.5 Å². The van der Waals surface area contributed by atoms with E-state index in [2.05, 4.69) is 15.3 Å². The fourth-order valence-electron chi connectivity index (χ4n) is 2.98. The van der Waals surface area contributed by atoms with Crippen LogP contribution in [-0.2, 0) is 20.6 Å². The molecule has 0 radical (unpaired) electrons. The number of ether oxygens (including phenoxy) is 2. The molecule has 1 atom stereocenters. The number of amides is 1. The molecule has 1 heterocycles. The van der Waals surface area contributed by atoms with E-state index in [1.54, 1.807) is 12.1 Å². The van der Waals surface area contributed by atoms with Gasteiger partial charge in [0.1, 0.15) is 17.2 Å². The Morgan fingerprint density at radius 1 is 1.03 bits per heavy atom. The van der Waals surface area contributed by atoms with E-state index in [0.29, 0.717) is 22.9 Å². The molecule has 0 saturated heterocycles. The highest BCUT2D eigenvalue weighted by atomic mass is 79.9. The first kappa shape index (κ1) is 32.7. The van der Waals surface area contributed by atoms with Gasteiger partial charge in [0.2, 0.25) is 7.37 Å². The van der Waals surface area contributed by atoms with Crippen molar-refractivity contribution in [3.05, 3.63) is 66.1 Å². The lowest BCUT2D eigenvalue weighted by atomic mass is 10.2. The number of hydrogen-bond donors (Lipinski definition) is 2. The largest absolute Gasteiger partial charge is 0.491 e. The van der Waals surface area contributed by atoms with Crippen LogP contribution in [0.25, 0.3) is 0 Å². The van der Waals surface area contributed by atoms with Gasteiger partial charge in [-0.1, -0.05) is 0 Å². The maximum atomic E-state index is 12.9. The molecule has 3 aromatic rings. The summed E-state index contributed by atoms with van der Waals surface area (Å²) in [6, 6.07) is 10.6. The van der Waals surface area contributed by atoms with Gasteiger partial charge >= 0.3 is 0 Å². The number of nitrogens with one attached hydrogen (secondary N) is 1. The summed E-state index contributed by atoms with van der Waals surface area (Å²) in [5.74, 6) is 0.754. The maximum Gasteiger partial charge on any atom is 0.257 e. The highest BCUT2D eigenvalue weighted by Gasteiger charge is 2.15. The fourth-order valence-corrected chi connectivity index (χ4v) is 4.38. The smallest absolute Gasteiger partial charge is 0.257 e. The van der Waals surface area contributed by atoms with E-state index in [1.807, 2.05) is 13.8 Å². The molecule has 0 fully saturated rings. The molecule has 1 unspecified atom stereocenters. The third-order valence-electron chi connectivity index (χ3n) is 4.40. The lowest BCUT2D eigenvalue weighted by Crippen LogP contribution is -2.14. The first-order valence-corrected chi connectivity index (χ1v) is 14.7. The molecular formula is C23H28Br2N3O7PS. The Balaban J connectivity index is 0.00000342. The van der Waals surface area contributed by atoms with Gasteiger partial charge in [0.05, 0.1) is 35.2 Å². The third-order valence-corrected chi connectivity index (χ3v) is 6.44. The number of rotatable bonds is 9. The molecule has 0 saturated carbocycles. The SMILES string of the molecule is Br.Br.CC(C)Oc1cc(Oc2ccc(S(C)(=O)=O)cc2)cc(C(=O)Nc2cnc(CP(C)(=O)O)cn2)c1. The molecule has 2 N–H and O–H groups in total. The highest BCUT2D eigenvalue weighted by molar-refractivity contribution is 8.93. The minimum atomic E-state index is -3.34. The average Bonchev–Trinajstić information content (AvgIpc) is 2.73. The van der Waals surface area contributed by atoms with Gasteiger partial charge in [0.15, 0.2) is 15.7 Å². The zero-order chi connectivity index (χ0) is 25.8. The normalized spacial score (nSPS) is 12.5. The fraction of sp³-hybridized carbons (Fsp3) is 0.261. The van der Waals surface area contributed by atoms with Crippen molar-refractivity contribution in [2.45, 2.75) is 31.0 Å². The summed E-state index contributed by atoms with van der Waals surface area (Å²) in [6.45, 7) is 4.92. The van der Waals surface area contributed by atoms with Crippen molar-refractivity contribution in [2.24, 2.45) is 0 Å². The third kappa shape index (κ3) is 10.5. The molecule has 3 rings (SSSR count). The number of carbonyl (C=O) groups is 1. The zero-order valence-corrected chi connectivity index (χ0v) is 25.6. The number of nitrogens with zero attached hydrogens (tertiary/aromatic N) is 2. The van der Waals surface area contributed by atoms with E-state index < -0.39 is 23.1 Å². The second-order valence-electron chi connectivity index (χ2n) is 8.26. The number of carbonyl (C=O) groups excluding carboxylic acids is 1. The van der Waals surface area contributed by atoms with Crippen molar-refractivity contribution in [3.63, 3.8) is 0 Å². The van der Waals surface area contributed by atoms with E-state index in [4.69, 9.17) is 9.47 Å². The summed E-state index contributed by atoms with van der Waals surface area (Å²) in [4.78, 5) is 30.7. The van der Waals surface area contributed by atoms with Crippen molar-refractivity contribution >= 4 is 62.9 Å². The predicted octanol–water partition coefficient (Wildman–Crippen LogP) is 5.27. The van der Waals surface area contributed by atoms with Gasteiger partial charge < -0.3 is 19.7 Å². The first-order chi connectivity index (χ1) is 16.3. The van der Waals surface area contributed by atoms with Gasteiger partial charge in [-0.05, 0) is 50.2 Å². The van der Waals surface area contributed by atoms with Crippen molar-refractivity contribution in [1.82, 2.24) is 9.97 Å². The van der Waals surface area contributed by atoms with E-state index in [9.17, 15) is 22.7 Å². The predicted molar refractivity (Wildman–Crippen MR) is 152 cm³/mol. The van der Waals surface area contributed by atoms with Crippen LogP contribution in [0.2, 0.25) is 0 Å². The van der Waals surface area contributed by atoms with Crippen LogP contribution in [0.5, 0.6) is 17.2 Å². The second kappa shape index (κ2) is 13.5. The summed E-state index contributed by atoms with van der Waals surface area (Å²) in [6.07, 6.45) is 3.48. The van der Waals surface area contributed by atoms with Crippen molar-refractivity contribution in [3.8, 4) is 17.2 Å². The number of benzene rings is 2. The highest BCUT2D eigenvalue weighted by Crippen LogP contribution is 2.38. The van der Waals surface area contributed by atoms with Crippen LogP contribution >= 0.6 is 41.3 Å². The van der Waals surface area contributed by atoms with Crippen molar-refractivity contribution in [2.75, 3.05) is 18.2 Å². The number of aromatic nitrogens is 2. The van der Waals surface area contributed by atoms with E-state index >= 15 is 0 Å². The number of halogens is 2. The minimum absolute atomic E-state index is 0. The first-order valence-electron chi connectivity index (χ1n) is 10.5. The maximum absolute atomic E-state index is 12.9. The number of hydrogen-bond acceptors (Lipinski definition) is 8. The average molecular weight is 681 g/mol. The molecule has 0 spiro atoms. The Hall–Kier alpha value is -2.31. The molecule has 2 aromatic carbocycles. The van der Waals surface area contributed by atoms with Gasteiger partial charge in [-0.2, -0.15) is 0 Å². The molecule has 10 nitrogen and oxygen atoms in total. The quantitative estimate of drug-likeness (QED) is 0.289. The molecule has 0 aliphatic heterocycles. The van der Waals surface area contributed by atoms with Crippen LogP contribution in [0.3, 0.4) is 0 Å². The van der Waals surface area contributed by atoms with Gasteiger partial charge in [0.25, 0.3) is 5.91 Å². The number of anilines is 1. The van der Waals surface area contributed by atoms with Crippen LogP contribution in [0, 0.1) is 0 Å². The van der Waals surface area contributed by atoms with Crippen LogP contribution in [0.15, 0.2) is 59.8 Å². The van der Waals surface area contributed by atoms with E-state index in [0.717, 1.165) is 6.26 Å². The topological polar surface area (TPSA) is 145 Å². The summed E-state index contributed by atoms with van der Waals surface area (Å²) in [5.41, 5.74) is 0.562. The molecule has 0 bridgehead atoms. The van der Waals surface area contributed by atoms with Crippen molar-refractivity contribution < 1.29 is 32.1 Å². The zero-order valence-electron chi connectivity index (χ0n) is 20.4. The summed E-state index contributed by atoms with van der Waals surface area (Å²) >= 11 is 0. The molecule has 0 aliphatic carbocycles. The lowest BCUT2D eigenvalue weighted by molar-refractivity contribution is 0.102. The molecule has 14 heteroatoms. The lowest BCUT2D eigenvalue weighted by Gasteiger charge is -2.14. The Morgan fingerprint density at radius 3 is 2.16 bits per heavy atom. The van der Waals surface area contributed by atoms with Crippen molar-refractivity contribution in [1.29, 1.82) is 0 Å². The standard InChI is InChI=1S/C23H26N3O7PS.2BrH/c1-15(2)32-19-9-16(23(27)26-22-13-24-17(12-25-22)14-34(3,28)29)10-20(11-19)33-18-5-7-21(8-6-18)35(4,30)31;;/h5-13,15H,14H2,1-4H3,(H,28,29)(H,25,26,27);2*1H. The van der Waals surface area contributed by atoms with Gasteiger partial charge in [-0.3, -0.25) is 14.3 Å². The Kier molecular flexibility index (Phi) is 11.9. The van der Waals surface area contributed by atoms with Gasteiger partial charge in [-0.15, -0.1) is 34.0 Å².